The van der Waals surface area contributed by atoms with E-state index in [2.05, 4.69) is 4.98 Å². The first kappa shape index (κ1) is 13.0. The molecule has 0 aliphatic carbocycles. The van der Waals surface area contributed by atoms with Crippen molar-refractivity contribution < 1.29 is 9.53 Å². The van der Waals surface area contributed by atoms with Gasteiger partial charge in [0.15, 0.2) is 0 Å². The van der Waals surface area contributed by atoms with E-state index in [1.807, 2.05) is 49.6 Å². The van der Waals surface area contributed by atoms with E-state index in [0.717, 1.165) is 23.5 Å². The number of aromatic nitrogens is 2. The molecular formula is C15H19N3O2. The van der Waals surface area contributed by atoms with Crippen molar-refractivity contribution in [1.82, 2.24) is 14.3 Å². The number of imidazole rings is 1. The maximum atomic E-state index is 12.2. The molecule has 1 aliphatic rings. The quantitative estimate of drug-likeness (QED) is 0.741. The highest BCUT2D eigenvalue weighted by Crippen LogP contribution is 2.22. The summed E-state index contributed by atoms with van der Waals surface area (Å²) in [7, 11) is 0. The maximum absolute atomic E-state index is 12.2. The van der Waals surface area contributed by atoms with Crippen molar-refractivity contribution in [2.75, 3.05) is 6.54 Å². The van der Waals surface area contributed by atoms with E-state index in [0.29, 0.717) is 13.1 Å². The number of carbonyl (C=O) groups excluding carboxylic acids is 1. The lowest BCUT2D eigenvalue weighted by Crippen LogP contribution is -2.40. The molecule has 3 rings (SSSR count). The minimum atomic E-state index is -0.461. The van der Waals surface area contributed by atoms with E-state index in [4.69, 9.17) is 4.74 Å². The van der Waals surface area contributed by atoms with Crippen molar-refractivity contribution in [1.29, 1.82) is 0 Å². The van der Waals surface area contributed by atoms with Crippen molar-refractivity contribution >= 4 is 11.7 Å². The Morgan fingerprint density at radius 3 is 2.90 bits per heavy atom. The van der Waals surface area contributed by atoms with Gasteiger partial charge in [-0.1, -0.05) is 6.07 Å². The molecule has 2 aromatic rings. The van der Waals surface area contributed by atoms with Gasteiger partial charge in [0.2, 0.25) is 0 Å². The summed E-state index contributed by atoms with van der Waals surface area (Å²) in [6, 6.07) is 5.93. The zero-order valence-corrected chi connectivity index (χ0v) is 12.1. The zero-order valence-electron chi connectivity index (χ0n) is 12.1. The second-order valence-corrected chi connectivity index (χ2v) is 6.09. The molecule has 20 heavy (non-hydrogen) atoms. The van der Waals surface area contributed by atoms with Gasteiger partial charge in [-0.2, -0.15) is 0 Å². The Labute approximate surface area is 118 Å². The van der Waals surface area contributed by atoms with Gasteiger partial charge < -0.3 is 14.0 Å². The standard InChI is InChI=1S/C15H19N3O2/c1-15(2,3)20-14(19)17-9-7-11-12(10-17)18-8-5-4-6-13(18)16-11/h4-6,8H,7,9-10H2,1-3H3. The molecule has 1 amide bonds. The number of pyridine rings is 1. The molecule has 3 heterocycles. The summed E-state index contributed by atoms with van der Waals surface area (Å²) < 4.78 is 7.49. The van der Waals surface area contributed by atoms with Crippen LogP contribution in [-0.4, -0.2) is 32.5 Å². The van der Waals surface area contributed by atoms with Gasteiger partial charge in [0.1, 0.15) is 11.2 Å². The lowest BCUT2D eigenvalue weighted by Gasteiger charge is -2.29. The molecule has 5 heteroatoms. The highest BCUT2D eigenvalue weighted by molar-refractivity contribution is 5.68. The number of ether oxygens (including phenoxy) is 1. The molecule has 0 radical (unpaired) electrons. The largest absolute Gasteiger partial charge is 0.444 e. The molecule has 0 spiro atoms. The van der Waals surface area contributed by atoms with E-state index in [1.54, 1.807) is 4.90 Å². The Morgan fingerprint density at radius 1 is 1.35 bits per heavy atom. The van der Waals surface area contributed by atoms with Crippen molar-refractivity contribution in [3.05, 3.63) is 35.8 Å². The number of amides is 1. The fourth-order valence-corrected chi connectivity index (χ4v) is 2.45. The topological polar surface area (TPSA) is 46.8 Å². The first-order valence-corrected chi connectivity index (χ1v) is 6.87. The van der Waals surface area contributed by atoms with Gasteiger partial charge >= 0.3 is 6.09 Å². The maximum Gasteiger partial charge on any atom is 0.410 e. The van der Waals surface area contributed by atoms with Crippen LogP contribution in [0.3, 0.4) is 0 Å². The molecular weight excluding hydrogens is 254 g/mol. The van der Waals surface area contributed by atoms with Crippen LogP contribution in [0.2, 0.25) is 0 Å². The van der Waals surface area contributed by atoms with Crippen molar-refractivity contribution in [3.8, 4) is 0 Å². The summed E-state index contributed by atoms with van der Waals surface area (Å²) in [4.78, 5) is 18.5. The number of nitrogens with zero attached hydrogens (tertiary/aromatic N) is 3. The molecule has 0 unspecified atom stereocenters. The van der Waals surface area contributed by atoms with Crippen LogP contribution in [-0.2, 0) is 17.7 Å². The van der Waals surface area contributed by atoms with E-state index in [1.165, 1.54) is 0 Å². The molecule has 0 N–H and O–H groups in total. The van der Waals surface area contributed by atoms with Crippen molar-refractivity contribution in [2.24, 2.45) is 0 Å². The predicted molar refractivity (Wildman–Crippen MR) is 75.5 cm³/mol. The van der Waals surface area contributed by atoms with Crippen LogP contribution in [0, 0.1) is 0 Å². The average Bonchev–Trinajstić information content (AvgIpc) is 2.74. The van der Waals surface area contributed by atoms with Gasteiger partial charge in [0, 0.05) is 19.2 Å². The Balaban J connectivity index is 1.86. The highest BCUT2D eigenvalue weighted by Gasteiger charge is 2.28. The van der Waals surface area contributed by atoms with Gasteiger partial charge in [-0.05, 0) is 32.9 Å². The summed E-state index contributed by atoms with van der Waals surface area (Å²) in [5.74, 6) is 0. The van der Waals surface area contributed by atoms with Gasteiger partial charge in [-0.3, -0.25) is 0 Å². The highest BCUT2D eigenvalue weighted by atomic mass is 16.6. The molecule has 0 saturated carbocycles. The van der Waals surface area contributed by atoms with Gasteiger partial charge in [-0.25, -0.2) is 9.78 Å². The summed E-state index contributed by atoms with van der Waals surface area (Å²) in [5.41, 5.74) is 2.63. The zero-order chi connectivity index (χ0) is 14.3. The predicted octanol–water partition coefficient (Wildman–Crippen LogP) is 2.63. The number of hydrogen-bond acceptors (Lipinski definition) is 3. The van der Waals surface area contributed by atoms with E-state index < -0.39 is 5.60 Å². The summed E-state index contributed by atoms with van der Waals surface area (Å²) >= 11 is 0. The van der Waals surface area contributed by atoms with Crippen LogP contribution < -0.4 is 0 Å². The molecule has 2 aromatic heterocycles. The second-order valence-electron chi connectivity index (χ2n) is 6.09. The molecule has 0 bridgehead atoms. The van der Waals surface area contributed by atoms with E-state index in [9.17, 15) is 4.79 Å². The number of carbonyl (C=O) groups is 1. The molecule has 0 aromatic carbocycles. The molecule has 0 saturated heterocycles. The molecule has 1 aliphatic heterocycles. The van der Waals surface area contributed by atoms with Crippen LogP contribution in [0.5, 0.6) is 0 Å². The number of rotatable bonds is 0. The van der Waals surface area contributed by atoms with Crippen LogP contribution in [0.25, 0.3) is 5.65 Å². The van der Waals surface area contributed by atoms with Crippen LogP contribution in [0.15, 0.2) is 24.4 Å². The monoisotopic (exact) mass is 273 g/mol. The molecule has 106 valence electrons. The van der Waals surface area contributed by atoms with Gasteiger partial charge in [0.05, 0.1) is 17.9 Å². The first-order chi connectivity index (χ1) is 9.44. The van der Waals surface area contributed by atoms with E-state index in [-0.39, 0.29) is 6.09 Å². The smallest absolute Gasteiger partial charge is 0.410 e. The third-order valence-corrected chi connectivity index (χ3v) is 3.32. The number of hydrogen-bond donors (Lipinski definition) is 0. The minimum absolute atomic E-state index is 0.256. The Hall–Kier alpha value is -2.04. The minimum Gasteiger partial charge on any atom is -0.444 e. The van der Waals surface area contributed by atoms with Crippen molar-refractivity contribution in [2.45, 2.75) is 39.3 Å². The average molecular weight is 273 g/mol. The number of fused-ring (bicyclic) bond motifs is 3. The Morgan fingerprint density at radius 2 is 2.15 bits per heavy atom. The van der Waals surface area contributed by atoms with Crippen molar-refractivity contribution in [3.63, 3.8) is 0 Å². The second kappa shape index (κ2) is 4.51. The van der Waals surface area contributed by atoms with E-state index >= 15 is 0 Å². The summed E-state index contributed by atoms with van der Waals surface area (Å²) in [5, 5.41) is 0. The van der Waals surface area contributed by atoms with Gasteiger partial charge in [0.25, 0.3) is 0 Å². The van der Waals surface area contributed by atoms with Crippen LogP contribution >= 0.6 is 0 Å². The summed E-state index contributed by atoms with van der Waals surface area (Å²) in [6.07, 6.45) is 2.50. The normalized spacial score (nSPS) is 15.2. The van der Waals surface area contributed by atoms with Crippen LogP contribution in [0.1, 0.15) is 32.2 Å². The SMILES string of the molecule is CC(C)(C)OC(=O)N1CCc2nc3ccccn3c2C1. The first-order valence-electron chi connectivity index (χ1n) is 6.87. The van der Waals surface area contributed by atoms with Crippen LogP contribution in [0.4, 0.5) is 4.79 Å². The third-order valence-electron chi connectivity index (χ3n) is 3.32. The van der Waals surface area contributed by atoms with Gasteiger partial charge in [-0.15, -0.1) is 0 Å². The molecule has 0 atom stereocenters. The summed E-state index contributed by atoms with van der Waals surface area (Å²) in [6.45, 7) is 6.86. The fraction of sp³-hybridized carbons (Fsp3) is 0.467. The molecule has 5 nitrogen and oxygen atoms in total. The third kappa shape index (κ3) is 2.35. The lowest BCUT2D eigenvalue weighted by molar-refractivity contribution is 0.0220. The fourth-order valence-electron chi connectivity index (χ4n) is 2.45. The lowest BCUT2D eigenvalue weighted by atomic mass is 10.1. The Bertz CT molecular complexity index is 655. The molecule has 0 fully saturated rings. The Kier molecular flexibility index (Phi) is 2.92.